The molecule has 1 fully saturated rings. The van der Waals surface area contributed by atoms with Crippen molar-refractivity contribution in [3.63, 3.8) is 0 Å². The van der Waals surface area contributed by atoms with Gasteiger partial charge in [-0.15, -0.1) is 0 Å². The first kappa shape index (κ1) is 19.0. The summed E-state index contributed by atoms with van der Waals surface area (Å²) in [6, 6.07) is 11.3. The van der Waals surface area contributed by atoms with E-state index in [4.69, 9.17) is 9.72 Å². The van der Waals surface area contributed by atoms with Gasteiger partial charge in [-0.2, -0.15) is 0 Å². The third kappa shape index (κ3) is 3.96. The van der Waals surface area contributed by atoms with Crippen LogP contribution in [-0.2, 0) is 18.3 Å². The number of hydrogen-bond acceptors (Lipinski definition) is 6. The van der Waals surface area contributed by atoms with Crippen molar-refractivity contribution in [2.24, 2.45) is 7.05 Å². The second-order valence-electron chi connectivity index (χ2n) is 6.91. The van der Waals surface area contributed by atoms with Crippen LogP contribution >= 0.6 is 0 Å². The predicted octanol–water partition coefficient (Wildman–Crippen LogP) is 2.57. The molecule has 0 bridgehead atoms. The van der Waals surface area contributed by atoms with Gasteiger partial charge in [0.05, 0.1) is 35.7 Å². The summed E-state index contributed by atoms with van der Waals surface area (Å²) in [6.07, 6.45) is 0. The Bertz CT molecular complexity index is 1070. The van der Waals surface area contributed by atoms with E-state index in [1.54, 1.807) is 18.2 Å². The molecule has 1 aliphatic rings. The number of hydrogen-bond donors (Lipinski definition) is 1. The number of amides is 1. The molecule has 2 aromatic carbocycles. The van der Waals surface area contributed by atoms with Crippen molar-refractivity contribution in [3.05, 3.63) is 64.0 Å². The summed E-state index contributed by atoms with van der Waals surface area (Å²) in [7, 11) is 1.97. The highest BCUT2D eigenvalue weighted by Gasteiger charge is 2.20. The molecule has 0 spiro atoms. The van der Waals surface area contributed by atoms with Crippen molar-refractivity contribution >= 4 is 28.3 Å². The summed E-state index contributed by atoms with van der Waals surface area (Å²) >= 11 is 0. The fourth-order valence-corrected chi connectivity index (χ4v) is 3.45. The minimum absolute atomic E-state index is 0.0200. The average Bonchev–Trinajstić information content (AvgIpc) is 3.03. The highest BCUT2D eigenvalue weighted by Crippen LogP contribution is 2.23. The van der Waals surface area contributed by atoms with E-state index in [0.717, 1.165) is 49.7 Å². The normalized spacial score (nSPS) is 14.8. The van der Waals surface area contributed by atoms with Crippen molar-refractivity contribution in [3.8, 4) is 0 Å². The summed E-state index contributed by atoms with van der Waals surface area (Å²) in [5.74, 6) is 0.408. The second-order valence-corrected chi connectivity index (χ2v) is 6.91. The Labute approximate surface area is 167 Å². The first-order valence-corrected chi connectivity index (χ1v) is 9.33. The fourth-order valence-electron chi connectivity index (χ4n) is 3.45. The summed E-state index contributed by atoms with van der Waals surface area (Å²) < 4.78 is 7.43. The maximum absolute atomic E-state index is 12.6. The number of benzene rings is 2. The number of rotatable bonds is 5. The fraction of sp³-hybridized carbons (Fsp3) is 0.300. The lowest BCUT2D eigenvalue weighted by molar-refractivity contribution is -0.385. The maximum Gasteiger partial charge on any atom is 0.282 e. The van der Waals surface area contributed by atoms with E-state index in [9.17, 15) is 14.9 Å². The highest BCUT2D eigenvalue weighted by molar-refractivity contribution is 6.07. The summed E-state index contributed by atoms with van der Waals surface area (Å²) in [5, 5.41) is 13.9. The topological polar surface area (TPSA) is 103 Å². The first-order chi connectivity index (χ1) is 14.0. The summed E-state index contributed by atoms with van der Waals surface area (Å²) in [5.41, 5.74) is 2.05. The van der Waals surface area contributed by atoms with Gasteiger partial charge in [0, 0.05) is 31.9 Å². The molecule has 150 valence electrons. The molecule has 4 rings (SSSR count). The van der Waals surface area contributed by atoms with Crippen LogP contribution in [0.4, 0.5) is 11.4 Å². The number of nitro groups is 1. The van der Waals surface area contributed by atoms with Gasteiger partial charge >= 0.3 is 0 Å². The molecular formula is C20H21N5O4. The smallest absolute Gasteiger partial charge is 0.282 e. The molecule has 2 heterocycles. The van der Waals surface area contributed by atoms with Crippen LogP contribution in [0.2, 0.25) is 0 Å². The third-order valence-electron chi connectivity index (χ3n) is 5.05. The third-order valence-corrected chi connectivity index (χ3v) is 5.05. The molecule has 1 aliphatic heterocycles. The van der Waals surface area contributed by atoms with E-state index < -0.39 is 10.8 Å². The Kier molecular flexibility index (Phi) is 5.24. The standard InChI is InChI=1S/C20H21N5O4/c1-23-18-7-6-14(21-20(26)15-4-2-3-5-17(15)25(27)28)12-16(18)22-19(23)13-24-8-10-29-11-9-24/h2-7,12H,8-11,13H2,1H3,(H,21,26). The van der Waals surface area contributed by atoms with Crippen LogP contribution in [0, 0.1) is 10.1 Å². The monoisotopic (exact) mass is 395 g/mol. The molecule has 0 radical (unpaired) electrons. The lowest BCUT2D eigenvalue weighted by Gasteiger charge is -2.26. The zero-order valence-corrected chi connectivity index (χ0v) is 16.0. The zero-order valence-electron chi connectivity index (χ0n) is 16.0. The highest BCUT2D eigenvalue weighted by atomic mass is 16.6. The molecular weight excluding hydrogens is 374 g/mol. The van der Waals surface area contributed by atoms with E-state index >= 15 is 0 Å². The molecule has 0 atom stereocenters. The van der Waals surface area contributed by atoms with Crippen LogP contribution < -0.4 is 5.32 Å². The first-order valence-electron chi connectivity index (χ1n) is 9.33. The van der Waals surface area contributed by atoms with Gasteiger partial charge in [0.2, 0.25) is 0 Å². The molecule has 29 heavy (non-hydrogen) atoms. The van der Waals surface area contributed by atoms with Crippen LogP contribution in [0.5, 0.6) is 0 Å². The van der Waals surface area contributed by atoms with Crippen molar-refractivity contribution < 1.29 is 14.5 Å². The number of nitro benzene ring substituents is 1. The molecule has 1 amide bonds. The number of ether oxygens (including phenoxy) is 1. The van der Waals surface area contributed by atoms with Gasteiger partial charge < -0.3 is 14.6 Å². The number of carbonyl (C=O) groups excluding carboxylic acids is 1. The Hall–Kier alpha value is -3.30. The van der Waals surface area contributed by atoms with Gasteiger partial charge in [-0.3, -0.25) is 19.8 Å². The minimum Gasteiger partial charge on any atom is -0.379 e. The van der Waals surface area contributed by atoms with Crippen molar-refractivity contribution in [2.75, 3.05) is 31.6 Å². The van der Waals surface area contributed by atoms with Crippen molar-refractivity contribution in [2.45, 2.75) is 6.54 Å². The molecule has 9 nitrogen and oxygen atoms in total. The van der Waals surface area contributed by atoms with Gasteiger partial charge in [-0.05, 0) is 24.3 Å². The van der Waals surface area contributed by atoms with E-state index in [1.807, 2.05) is 17.7 Å². The second kappa shape index (κ2) is 7.98. The largest absolute Gasteiger partial charge is 0.379 e. The number of morpholine rings is 1. The number of aromatic nitrogens is 2. The van der Waals surface area contributed by atoms with E-state index in [0.29, 0.717) is 5.69 Å². The van der Waals surface area contributed by atoms with Crippen LogP contribution in [0.3, 0.4) is 0 Å². The molecule has 3 aromatic rings. The predicted molar refractivity (Wildman–Crippen MR) is 108 cm³/mol. The van der Waals surface area contributed by atoms with E-state index in [-0.39, 0.29) is 11.3 Å². The lowest BCUT2D eigenvalue weighted by Crippen LogP contribution is -2.36. The van der Waals surface area contributed by atoms with Gasteiger partial charge in [-0.1, -0.05) is 12.1 Å². The number of carbonyl (C=O) groups is 1. The Morgan fingerprint density at radius 3 is 2.76 bits per heavy atom. The van der Waals surface area contributed by atoms with Crippen LogP contribution in [-0.4, -0.2) is 51.6 Å². The summed E-state index contributed by atoms with van der Waals surface area (Å²) in [4.78, 5) is 30.2. The molecule has 0 unspecified atom stereocenters. The van der Waals surface area contributed by atoms with Crippen molar-refractivity contribution in [1.29, 1.82) is 0 Å². The van der Waals surface area contributed by atoms with Gasteiger partial charge in [0.25, 0.3) is 11.6 Å². The van der Waals surface area contributed by atoms with Crippen molar-refractivity contribution in [1.82, 2.24) is 14.5 Å². The number of para-hydroxylation sites is 1. The number of fused-ring (bicyclic) bond motifs is 1. The van der Waals surface area contributed by atoms with Gasteiger partial charge in [0.1, 0.15) is 11.4 Å². The number of imidazole rings is 1. The molecule has 1 N–H and O–H groups in total. The van der Waals surface area contributed by atoms with Gasteiger partial charge in [0.15, 0.2) is 0 Å². The molecule has 1 aromatic heterocycles. The average molecular weight is 395 g/mol. The Morgan fingerprint density at radius 2 is 2.00 bits per heavy atom. The summed E-state index contributed by atoms with van der Waals surface area (Å²) in [6.45, 7) is 3.94. The molecule has 0 saturated carbocycles. The zero-order chi connectivity index (χ0) is 20.4. The van der Waals surface area contributed by atoms with E-state index in [1.165, 1.54) is 18.2 Å². The van der Waals surface area contributed by atoms with Crippen LogP contribution in [0.1, 0.15) is 16.2 Å². The number of nitrogens with one attached hydrogen (secondary N) is 1. The number of anilines is 1. The molecule has 0 aliphatic carbocycles. The Morgan fingerprint density at radius 1 is 1.24 bits per heavy atom. The molecule has 9 heteroatoms. The lowest BCUT2D eigenvalue weighted by atomic mass is 10.1. The Balaban J connectivity index is 1.56. The number of nitrogens with zero attached hydrogens (tertiary/aromatic N) is 4. The molecule has 1 saturated heterocycles. The SMILES string of the molecule is Cn1c(CN2CCOCC2)nc2cc(NC(=O)c3ccccc3[N+](=O)[O-])ccc21. The van der Waals surface area contributed by atoms with Crippen LogP contribution in [0.25, 0.3) is 11.0 Å². The maximum atomic E-state index is 12.6. The number of aryl methyl sites for hydroxylation is 1. The van der Waals surface area contributed by atoms with Gasteiger partial charge in [-0.25, -0.2) is 4.98 Å². The quantitative estimate of drug-likeness (QED) is 0.526. The van der Waals surface area contributed by atoms with E-state index in [2.05, 4.69) is 10.2 Å². The van der Waals surface area contributed by atoms with Crippen LogP contribution in [0.15, 0.2) is 42.5 Å². The minimum atomic E-state index is -0.561.